The lowest BCUT2D eigenvalue weighted by Gasteiger charge is -2.31. The Hall–Kier alpha value is -1.73. The fourth-order valence-corrected chi connectivity index (χ4v) is 4.36. The molecule has 7 heteroatoms. The normalized spacial score (nSPS) is 23.3. The number of aromatic nitrogens is 2. The Balaban J connectivity index is 0.000000269. The molecular weight excluding hydrogens is 380 g/mol. The van der Waals surface area contributed by atoms with E-state index in [4.69, 9.17) is 9.47 Å². The van der Waals surface area contributed by atoms with Gasteiger partial charge < -0.3 is 19.7 Å². The third kappa shape index (κ3) is 5.49. The Morgan fingerprint density at radius 3 is 2.57 bits per heavy atom. The van der Waals surface area contributed by atoms with E-state index in [2.05, 4.69) is 36.1 Å². The fraction of sp³-hybridized carbons (Fsp3) is 0.783. The molecule has 4 heterocycles. The zero-order chi connectivity index (χ0) is 21.6. The molecule has 1 atom stereocenters. The molecule has 2 saturated heterocycles. The second-order valence-corrected chi connectivity index (χ2v) is 8.87. The van der Waals surface area contributed by atoms with Crippen molar-refractivity contribution >= 4 is 11.9 Å². The maximum atomic E-state index is 12.1. The lowest BCUT2D eigenvalue weighted by atomic mass is 9.97. The molecule has 0 saturated carbocycles. The Morgan fingerprint density at radius 2 is 1.97 bits per heavy atom. The summed E-state index contributed by atoms with van der Waals surface area (Å²) in [4.78, 5) is 23.2. The highest BCUT2D eigenvalue weighted by Crippen LogP contribution is 2.38. The predicted octanol–water partition coefficient (Wildman–Crippen LogP) is 4.02. The van der Waals surface area contributed by atoms with Crippen molar-refractivity contribution < 1.29 is 14.3 Å². The molecule has 168 valence electrons. The molecule has 0 spiro atoms. The second-order valence-electron chi connectivity index (χ2n) is 8.87. The molecule has 0 radical (unpaired) electrons. The van der Waals surface area contributed by atoms with E-state index in [0.29, 0.717) is 31.1 Å². The van der Waals surface area contributed by atoms with Crippen LogP contribution in [0.5, 0.6) is 0 Å². The quantitative estimate of drug-likeness (QED) is 0.796. The van der Waals surface area contributed by atoms with Gasteiger partial charge in [0.15, 0.2) is 0 Å². The Labute approximate surface area is 180 Å². The predicted molar refractivity (Wildman–Crippen MR) is 117 cm³/mol. The highest BCUT2D eigenvalue weighted by Gasteiger charge is 2.41. The highest BCUT2D eigenvalue weighted by molar-refractivity contribution is 5.77. The number of hydrogen-bond acceptors (Lipinski definition) is 6. The zero-order valence-electron chi connectivity index (χ0n) is 19.1. The van der Waals surface area contributed by atoms with E-state index in [-0.39, 0.29) is 11.4 Å². The summed E-state index contributed by atoms with van der Waals surface area (Å²) in [5.41, 5.74) is 1.67. The van der Waals surface area contributed by atoms with E-state index in [1.54, 1.807) is 0 Å². The molecule has 0 aliphatic carbocycles. The van der Waals surface area contributed by atoms with Crippen LogP contribution in [-0.2, 0) is 26.4 Å². The van der Waals surface area contributed by atoms with Gasteiger partial charge in [-0.25, -0.2) is 9.97 Å². The van der Waals surface area contributed by atoms with Gasteiger partial charge in [0.25, 0.3) is 0 Å². The molecule has 7 nitrogen and oxygen atoms in total. The molecule has 2 fully saturated rings. The van der Waals surface area contributed by atoms with E-state index in [1.165, 1.54) is 25.7 Å². The molecule has 4 rings (SSSR count). The van der Waals surface area contributed by atoms with Gasteiger partial charge >= 0.3 is 0 Å². The standard InChI is InChI=1S/C16H24N4O2.C7H14O/c1-4-14(21)20-10-13-12(16(20,2)3)9-17-15(19-13)18-11-5-7-22-8-6-11;1-2-7-5-3-4-6-8-7/h9,11H,4-8,10H2,1-3H3,(H,17,18,19);7H,2-6H2,1H3. The van der Waals surface area contributed by atoms with Gasteiger partial charge in [0.05, 0.1) is 23.9 Å². The van der Waals surface area contributed by atoms with Crippen molar-refractivity contribution in [1.82, 2.24) is 14.9 Å². The minimum Gasteiger partial charge on any atom is -0.381 e. The van der Waals surface area contributed by atoms with Crippen molar-refractivity contribution in [3.63, 3.8) is 0 Å². The van der Waals surface area contributed by atoms with Gasteiger partial charge in [-0.1, -0.05) is 13.8 Å². The number of fused-ring (bicyclic) bond motifs is 1. The van der Waals surface area contributed by atoms with Gasteiger partial charge in [0, 0.05) is 44.0 Å². The number of carbonyl (C=O) groups is 1. The first-order valence-corrected chi connectivity index (χ1v) is 11.6. The van der Waals surface area contributed by atoms with Crippen molar-refractivity contribution in [2.24, 2.45) is 0 Å². The Morgan fingerprint density at radius 1 is 1.20 bits per heavy atom. The molecule has 1 amide bonds. The first-order chi connectivity index (χ1) is 14.5. The molecule has 3 aliphatic heterocycles. The van der Waals surface area contributed by atoms with E-state index in [1.807, 2.05) is 18.0 Å². The molecule has 0 aromatic carbocycles. The molecule has 1 N–H and O–H groups in total. The van der Waals surface area contributed by atoms with Crippen LogP contribution in [-0.4, -0.2) is 52.7 Å². The molecule has 0 bridgehead atoms. The van der Waals surface area contributed by atoms with Crippen LogP contribution >= 0.6 is 0 Å². The van der Waals surface area contributed by atoms with Crippen LogP contribution in [0.4, 0.5) is 5.95 Å². The summed E-state index contributed by atoms with van der Waals surface area (Å²) in [6.07, 6.45) is 10.1. The van der Waals surface area contributed by atoms with Gasteiger partial charge in [-0.05, 0) is 52.4 Å². The van der Waals surface area contributed by atoms with Gasteiger partial charge in [0.2, 0.25) is 11.9 Å². The summed E-state index contributed by atoms with van der Waals surface area (Å²) in [6.45, 7) is 11.3. The van der Waals surface area contributed by atoms with Crippen molar-refractivity contribution in [2.75, 3.05) is 25.1 Å². The average Bonchev–Trinajstić information content (AvgIpc) is 3.05. The van der Waals surface area contributed by atoms with Crippen molar-refractivity contribution in [3.05, 3.63) is 17.5 Å². The second kappa shape index (κ2) is 10.5. The maximum absolute atomic E-state index is 12.1. The van der Waals surface area contributed by atoms with Crippen LogP contribution < -0.4 is 5.32 Å². The maximum Gasteiger partial charge on any atom is 0.223 e. The molecule has 30 heavy (non-hydrogen) atoms. The van der Waals surface area contributed by atoms with Gasteiger partial charge in [0.1, 0.15) is 0 Å². The van der Waals surface area contributed by atoms with Crippen LogP contribution in [0.2, 0.25) is 0 Å². The minimum atomic E-state index is -0.334. The lowest BCUT2D eigenvalue weighted by molar-refractivity contribution is -0.136. The zero-order valence-corrected chi connectivity index (χ0v) is 19.1. The van der Waals surface area contributed by atoms with E-state index in [9.17, 15) is 4.79 Å². The summed E-state index contributed by atoms with van der Waals surface area (Å²) in [6, 6.07) is 0.370. The van der Waals surface area contributed by atoms with Crippen LogP contribution in [0, 0.1) is 0 Å². The number of carbonyl (C=O) groups excluding carboxylic acids is 1. The smallest absolute Gasteiger partial charge is 0.223 e. The Bertz CT molecular complexity index is 698. The van der Waals surface area contributed by atoms with Crippen LogP contribution in [0.1, 0.15) is 83.9 Å². The molecular formula is C23H38N4O3. The SMILES string of the molecule is CCC(=O)N1Cc2nc(NC3CCOCC3)ncc2C1(C)C.CCC1CCCCO1. The third-order valence-electron chi connectivity index (χ3n) is 6.40. The van der Waals surface area contributed by atoms with Crippen molar-refractivity contribution in [2.45, 2.75) is 96.9 Å². The third-order valence-corrected chi connectivity index (χ3v) is 6.40. The monoisotopic (exact) mass is 418 g/mol. The number of nitrogens with one attached hydrogen (secondary N) is 1. The topological polar surface area (TPSA) is 76.6 Å². The van der Waals surface area contributed by atoms with E-state index < -0.39 is 0 Å². The fourth-order valence-electron chi connectivity index (χ4n) is 4.36. The summed E-state index contributed by atoms with van der Waals surface area (Å²) >= 11 is 0. The average molecular weight is 419 g/mol. The minimum absolute atomic E-state index is 0.155. The number of anilines is 1. The lowest BCUT2D eigenvalue weighted by Crippen LogP contribution is -2.39. The number of nitrogens with zero attached hydrogens (tertiary/aromatic N) is 3. The summed E-state index contributed by atoms with van der Waals surface area (Å²) in [5.74, 6) is 0.814. The number of hydrogen-bond donors (Lipinski definition) is 1. The number of ether oxygens (including phenoxy) is 2. The molecule has 1 aromatic heterocycles. The van der Waals surface area contributed by atoms with Crippen LogP contribution in [0.15, 0.2) is 6.20 Å². The summed E-state index contributed by atoms with van der Waals surface area (Å²) in [7, 11) is 0. The van der Waals surface area contributed by atoms with Crippen molar-refractivity contribution in [1.29, 1.82) is 0 Å². The van der Waals surface area contributed by atoms with Gasteiger partial charge in [-0.15, -0.1) is 0 Å². The van der Waals surface area contributed by atoms with E-state index in [0.717, 1.165) is 43.9 Å². The number of rotatable bonds is 4. The highest BCUT2D eigenvalue weighted by atomic mass is 16.5. The Kier molecular flexibility index (Phi) is 8.06. The van der Waals surface area contributed by atoms with Crippen molar-refractivity contribution in [3.8, 4) is 0 Å². The molecule has 1 aromatic rings. The van der Waals surface area contributed by atoms with Gasteiger partial charge in [-0.3, -0.25) is 4.79 Å². The van der Waals surface area contributed by atoms with Crippen LogP contribution in [0.3, 0.4) is 0 Å². The van der Waals surface area contributed by atoms with Crippen LogP contribution in [0.25, 0.3) is 0 Å². The molecule has 1 unspecified atom stereocenters. The first kappa shape index (κ1) is 22.9. The van der Waals surface area contributed by atoms with Gasteiger partial charge in [-0.2, -0.15) is 0 Å². The first-order valence-electron chi connectivity index (χ1n) is 11.6. The molecule has 3 aliphatic rings. The summed E-state index contributed by atoms with van der Waals surface area (Å²) in [5, 5.41) is 3.39. The summed E-state index contributed by atoms with van der Waals surface area (Å²) < 4.78 is 10.8. The number of amides is 1. The largest absolute Gasteiger partial charge is 0.381 e. The van der Waals surface area contributed by atoms with E-state index >= 15 is 0 Å².